The van der Waals surface area contributed by atoms with Crippen LogP contribution >= 0.6 is 0 Å². The summed E-state index contributed by atoms with van der Waals surface area (Å²) in [6.45, 7) is 7.85. The predicted octanol–water partition coefficient (Wildman–Crippen LogP) is 3.64. The van der Waals surface area contributed by atoms with Crippen molar-refractivity contribution in [3.05, 3.63) is 66.2 Å². The molecule has 0 aliphatic carbocycles. The molecule has 4 heterocycles. The molecule has 0 aromatic heterocycles. The molecule has 6 rings (SSSR count). The van der Waals surface area contributed by atoms with Crippen LogP contribution in [0.3, 0.4) is 0 Å². The Balaban J connectivity index is 1.39. The Morgan fingerprint density at radius 2 is 1.32 bits per heavy atom. The fourth-order valence-corrected chi connectivity index (χ4v) is 5.88. The van der Waals surface area contributed by atoms with Crippen LogP contribution in [0.25, 0.3) is 0 Å². The minimum Gasteiger partial charge on any atom is -0.441 e. The molecule has 4 aliphatic rings. The van der Waals surface area contributed by atoms with Gasteiger partial charge in [0, 0.05) is 5.69 Å². The van der Waals surface area contributed by atoms with Crippen LogP contribution in [0.15, 0.2) is 60.7 Å². The molecule has 0 saturated carbocycles. The van der Waals surface area contributed by atoms with Crippen molar-refractivity contribution < 1.29 is 33.3 Å². The molecule has 0 bridgehead atoms. The summed E-state index contributed by atoms with van der Waals surface area (Å²) in [6, 6.07) is 17.5. The number of benzene rings is 2. The molecule has 2 aromatic carbocycles. The topological polar surface area (TPSA) is 86.8 Å². The molecule has 2 aromatic rings. The minimum atomic E-state index is -0.822. The van der Waals surface area contributed by atoms with Crippen molar-refractivity contribution in [2.45, 2.75) is 75.7 Å². The molecule has 196 valence electrons. The number of rotatable bonds is 5. The standard InChI is InChI=1S/C28H32N2O7/c1-27(2)33-15-19(36-27)22-24(20-16-34-28(3,4)37-20)35-26(32)30(22)23-21(17-11-7-5-8-12-17)29(25(23)31)18-13-9-6-10-14-18/h5-14,19-24H,15-16H2,1-4H3/t19-,20-,21-,22-,23+,24-/m1/s1. The second-order valence-electron chi connectivity index (χ2n) is 10.8. The number of para-hydroxylation sites is 1. The molecule has 0 radical (unpaired) electrons. The molecule has 0 N–H and O–H groups in total. The SMILES string of the molecule is CC1(C)OC[C@H]([C@H]2OC(=O)N([C@@H]3C(=O)N(c4ccccc4)[C@@H]3c3ccccc3)[C@@H]2[C@H]2COC(C)(C)O2)O1. The molecule has 4 saturated heterocycles. The summed E-state index contributed by atoms with van der Waals surface area (Å²) in [4.78, 5) is 30.7. The first kappa shape index (κ1) is 24.4. The van der Waals surface area contributed by atoms with E-state index in [1.165, 1.54) is 0 Å². The number of hydrogen-bond donors (Lipinski definition) is 0. The molecule has 37 heavy (non-hydrogen) atoms. The number of anilines is 1. The molecule has 4 fully saturated rings. The highest BCUT2D eigenvalue weighted by atomic mass is 16.8. The van der Waals surface area contributed by atoms with Gasteiger partial charge in [-0.3, -0.25) is 9.69 Å². The second kappa shape index (κ2) is 8.80. The summed E-state index contributed by atoms with van der Waals surface area (Å²) in [5, 5.41) is 0. The summed E-state index contributed by atoms with van der Waals surface area (Å²) in [5.41, 5.74) is 1.70. The Labute approximate surface area is 216 Å². The van der Waals surface area contributed by atoms with Gasteiger partial charge in [-0.15, -0.1) is 0 Å². The molecule has 2 amide bonds. The summed E-state index contributed by atoms with van der Waals surface area (Å²) in [7, 11) is 0. The molecule has 9 heteroatoms. The number of carbonyl (C=O) groups excluding carboxylic acids is 2. The third-order valence-corrected chi connectivity index (χ3v) is 7.46. The van der Waals surface area contributed by atoms with E-state index < -0.39 is 54.1 Å². The lowest BCUT2D eigenvalue weighted by atomic mass is 9.84. The second-order valence-corrected chi connectivity index (χ2v) is 10.8. The average Bonchev–Trinajstić information content (AvgIpc) is 3.52. The zero-order valence-electron chi connectivity index (χ0n) is 21.4. The molecule has 4 aliphatic heterocycles. The van der Waals surface area contributed by atoms with Gasteiger partial charge >= 0.3 is 6.09 Å². The van der Waals surface area contributed by atoms with Gasteiger partial charge in [-0.05, 0) is 45.4 Å². The van der Waals surface area contributed by atoms with E-state index in [0.717, 1.165) is 11.3 Å². The van der Waals surface area contributed by atoms with E-state index in [0.29, 0.717) is 0 Å². The van der Waals surface area contributed by atoms with Crippen LogP contribution in [0.1, 0.15) is 39.3 Å². The van der Waals surface area contributed by atoms with Crippen molar-refractivity contribution in [3.63, 3.8) is 0 Å². The summed E-state index contributed by atoms with van der Waals surface area (Å²) < 4.78 is 30.0. The summed E-state index contributed by atoms with van der Waals surface area (Å²) in [6.07, 6.45) is -2.26. The first-order chi connectivity index (χ1) is 17.7. The van der Waals surface area contributed by atoms with E-state index >= 15 is 0 Å². The highest BCUT2D eigenvalue weighted by Crippen LogP contribution is 2.46. The normalized spacial score (nSPS) is 34.5. The van der Waals surface area contributed by atoms with Crippen LogP contribution in [0, 0.1) is 0 Å². The maximum Gasteiger partial charge on any atom is 0.411 e. The number of nitrogens with zero attached hydrogens (tertiary/aromatic N) is 2. The Morgan fingerprint density at radius 3 is 1.89 bits per heavy atom. The highest BCUT2D eigenvalue weighted by Gasteiger charge is 2.63. The zero-order valence-corrected chi connectivity index (χ0v) is 21.4. The lowest BCUT2D eigenvalue weighted by Gasteiger charge is -2.51. The smallest absolute Gasteiger partial charge is 0.411 e. The average molecular weight is 509 g/mol. The minimum absolute atomic E-state index is 0.176. The van der Waals surface area contributed by atoms with Gasteiger partial charge in [-0.1, -0.05) is 48.5 Å². The first-order valence-electron chi connectivity index (χ1n) is 12.7. The third kappa shape index (κ3) is 4.20. The predicted molar refractivity (Wildman–Crippen MR) is 133 cm³/mol. The number of ether oxygens (including phenoxy) is 5. The van der Waals surface area contributed by atoms with Crippen molar-refractivity contribution >= 4 is 17.7 Å². The number of amides is 2. The van der Waals surface area contributed by atoms with Gasteiger partial charge in [-0.25, -0.2) is 4.79 Å². The number of β-lactam (4-membered cyclic amide) rings is 1. The zero-order chi connectivity index (χ0) is 25.9. The van der Waals surface area contributed by atoms with Gasteiger partial charge in [0.05, 0.1) is 19.3 Å². The van der Waals surface area contributed by atoms with E-state index in [-0.39, 0.29) is 19.1 Å². The van der Waals surface area contributed by atoms with Crippen LogP contribution in [0.5, 0.6) is 0 Å². The van der Waals surface area contributed by atoms with Crippen molar-refractivity contribution in [1.29, 1.82) is 0 Å². The molecule has 0 unspecified atom stereocenters. The fourth-order valence-electron chi connectivity index (χ4n) is 5.88. The largest absolute Gasteiger partial charge is 0.441 e. The Hall–Kier alpha value is -2.98. The number of cyclic esters (lactones) is 1. The van der Waals surface area contributed by atoms with Gasteiger partial charge in [0.1, 0.15) is 24.3 Å². The van der Waals surface area contributed by atoms with Crippen molar-refractivity contribution in [1.82, 2.24) is 4.90 Å². The van der Waals surface area contributed by atoms with Crippen molar-refractivity contribution in [2.75, 3.05) is 18.1 Å². The van der Waals surface area contributed by atoms with Gasteiger partial charge < -0.3 is 28.6 Å². The van der Waals surface area contributed by atoms with E-state index in [9.17, 15) is 9.59 Å². The van der Waals surface area contributed by atoms with Gasteiger partial charge in [0.2, 0.25) is 0 Å². The van der Waals surface area contributed by atoms with Crippen LogP contribution < -0.4 is 4.90 Å². The van der Waals surface area contributed by atoms with Crippen LogP contribution in [0.4, 0.5) is 10.5 Å². The third-order valence-electron chi connectivity index (χ3n) is 7.46. The highest BCUT2D eigenvalue weighted by molar-refractivity contribution is 6.07. The molecule has 9 nitrogen and oxygen atoms in total. The van der Waals surface area contributed by atoms with E-state index in [1.807, 2.05) is 88.4 Å². The fraction of sp³-hybridized carbons (Fsp3) is 0.500. The Bertz CT molecular complexity index is 1170. The van der Waals surface area contributed by atoms with Gasteiger partial charge in [-0.2, -0.15) is 0 Å². The van der Waals surface area contributed by atoms with Crippen LogP contribution in [-0.2, 0) is 28.5 Å². The van der Waals surface area contributed by atoms with E-state index in [2.05, 4.69) is 0 Å². The van der Waals surface area contributed by atoms with Crippen LogP contribution in [-0.4, -0.2) is 72.1 Å². The first-order valence-corrected chi connectivity index (χ1v) is 12.7. The Kier molecular flexibility index (Phi) is 5.80. The van der Waals surface area contributed by atoms with Crippen molar-refractivity contribution in [3.8, 4) is 0 Å². The molecule has 6 atom stereocenters. The maximum absolute atomic E-state index is 13.8. The Morgan fingerprint density at radius 1 is 0.757 bits per heavy atom. The van der Waals surface area contributed by atoms with Crippen molar-refractivity contribution in [2.24, 2.45) is 0 Å². The van der Waals surface area contributed by atoms with Gasteiger partial charge in [0.25, 0.3) is 5.91 Å². The number of carbonyl (C=O) groups is 2. The van der Waals surface area contributed by atoms with E-state index in [4.69, 9.17) is 23.7 Å². The van der Waals surface area contributed by atoms with Crippen LogP contribution in [0.2, 0.25) is 0 Å². The molecular weight excluding hydrogens is 476 g/mol. The lowest BCUT2D eigenvalue weighted by molar-refractivity contribution is -0.163. The summed E-state index contributed by atoms with van der Waals surface area (Å²) in [5.74, 6) is -1.80. The number of hydrogen-bond acceptors (Lipinski definition) is 7. The van der Waals surface area contributed by atoms with Gasteiger partial charge in [0.15, 0.2) is 17.7 Å². The van der Waals surface area contributed by atoms with E-state index in [1.54, 1.807) is 9.80 Å². The molecular formula is C28H32N2O7. The monoisotopic (exact) mass is 508 g/mol. The molecule has 0 spiro atoms. The summed E-state index contributed by atoms with van der Waals surface area (Å²) >= 11 is 0. The maximum atomic E-state index is 13.8. The lowest BCUT2D eigenvalue weighted by Crippen LogP contribution is -2.69. The quantitative estimate of drug-likeness (QED) is 0.570.